The van der Waals surface area contributed by atoms with Crippen LogP contribution < -0.4 is 5.32 Å². The Morgan fingerprint density at radius 3 is 2.53 bits per heavy atom. The van der Waals surface area contributed by atoms with Crippen LogP contribution in [-0.2, 0) is 4.79 Å². The molecule has 86 valence electrons. The van der Waals surface area contributed by atoms with Crippen LogP contribution in [0.4, 0.5) is 0 Å². The molecule has 1 saturated heterocycles. The highest BCUT2D eigenvalue weighted by molar-refractivity contribution is 5.79. The van der Waals surface area contributed by atoms with Crippen LogP contribution in [0.5, 0.6) is 0 Å². The van der Waals surface area contributed by atoms with Crippen molar-refractivity contribution in [1.82, 2.24) is 5.32 Å². The van der Waals surface area contributed by atoms with Crippen molar-refractivity contribution < 1.29 is 4.79 Å². The van der Waals surface area contributed by atoms with E-state index in [0.29, 0.717) is 12.0 Å². The van der Waals surface area contributed by atoms with Crippen molar-refractivity contribution in [2.24, 2.45) is 17.8 Å². The van der Waals surface area contributed by atoms with E-state index in [1.165, 1.54) is 25.7 Å². The summed E-state index contributed by atoms with van der Waals surface area (Å²) >= 11 is 0. The van der Waals surface area contributed by atoms with Crippen LogP contribution in [0.25, 0.3) is 0 Å². The van der Waals surface area contributed by atoms with Crippen LogP contribution in [0.2, 0.25) is 0 Å². The van der Waals surface area contributed by atoms with Gasteiger partial charge in [0.05, 0.1) is 0 Å². The summed E-state index contributed by atoms with van der Waals surface area (Å²) in [5.74, 6) is 2.64. The minimum absolute atomic E-state index is 0.283. The summed E-state index contributed by atoms with van der Waals surface area (Å²) in [4.78, 5) is 11.4. The van der Waals surface area contributed by atoms with Gasteiger partial charge in [-0.2, -0.15) is 0 Å². The van der Waals surface area contributed by atoms with Crippen LogP contribution in [0.1, 0.15) is 52.4 Å². The standard InChI is InChI=1S/C13H23NO/c1-3-12-11(8-13(15)14-12)10-6-4-9(2)5-7-10/h9-12H,3-8H2,1-2H3,(H,14,15). The van der Waals surface area contributed by atoms with Gasteiger partial charge >= 0.3 is 0 Å². The molecule has 1 heterocycles. The van der Waals surface area contributed by atoms with E-state index in [4.69, 9.17) is 0 Å². The molecule has 2 fully saturated rings. The van der Waals surface area contributed by atoms with Gasteiger partial charge in [0.15, 0.2) is 0 Å². The fraction of sp³-hybridized carbons (Fsp3) is 0.923. The Hall–Kier alpha value is -0.530. The largest absolute Gasteiger partial charge is 0.353 e. The number of nitrogens with one attached hydrogen (secondary N) is 1. The number of amides is 1. The molecule has 1 amide bonds. The second-order valence-electron chi connectivity index (χ2n) is 5.47. The van der Waals surface area contributed by atoms with Gasteiger partial charge in [-0.3, -0.25) is 4.79 Å². The van der Waals surface area contributed by atoms with E-state index < -0.39 is 0 Å². The highest BCUT2D eigenvalue weighted by Crippen LogP contribution is 2.38. The lowest BCUT2D eigenvalue weighted by Crippen LogP contribution is -2.32. The van der Waals surface area contributed by atoms with E-state index in [1.807, 2.05) is 0 Å². The first kappa shape index (κ1) is 11.0. The summed E-state index contributed by atoms with van der Waals surface area (Å²) in [6.45, 7) is 4.54. The molecule has 0 aromatic carbocycles. The van der Waals surface area contributed by atoms with Gasteiger partial charge in [-0.1, -0.05) is 26.7 Å². The molecule has 15 heavy (non-hydrogen) atoms. The molecule has 0 radical (unpaired) electrons. The second-order valence-corrected chi connectivity index (χ2v) is 5.47. The Morgan fingerprint density at radius 2 is 1.93 bits per heavy atom. The van der Waals surface area contributed by atoms with Gasteiger partial charge < -0.3 is 5.32 Å². The van der Waals surface area contributed by atoms with Crippen LogP contribution >= 0.6 is 0 Å². The zero-order valence-electron chi connectivity index (χ0n) is 9.96. The molecule has 0 aromatic heterocycles. The van der Waals surface area contributed by atoms with Gasteiger partial charge in [-0.05, 0) is 37.0 Å². The van der Waals surface area contributed by atoms with Gasteiger partial charge in [0.1, 0.15) is 0 Å². The van der Waals surface area contributed by atoms with E-state index in [-0.39, 0.29) is 5.91 Å². The number of hydrogen-bond acceptors (Lipinski definition) is 1. The van der Waals surface area contributed by atoms with Gasteiger partial charge in [0.2, 0.25) is 5.91 Å². The lowest BCUT2D eigenvalue weighted by Gasteiger charge is -2.32. The van der Waals surface area contributed by atoms with E-state index in [0.717, 1.165) is 24.7 Å². The van der Waals surface area contributed by atoms with Crippen molar-refractivity contribution in [3.05, 3.63) is 0 Å². The first-order valence-corrected chi connectivity index (χ1v) is 6.50. The zero-order valence-corrected chi connectivity index (χ0v) is 9.96. The Labute approximate surface area is 92.8 Å². The van der Waals surface area contributed by atoms with Gasteiger partial charge in [0, 0.05) is 12.5 Å². The Bertz CT molecular complexity index is 231. The molecule has 2 aliphatic rings. The van der Waals surface area contributed by atoms with E-state index in [9.17, 15) is 4.79 Å². The number of rotatable bonds is 2. The summed E-state index contributed by atoms with van der Waals surface area (Å²) in [6, 6.07) is 0.468. The third kappa shape index (κ3) is 2.35. The number of carbonyl (C=O) groups excluding carboxylic acids is 1. The molecular formula is C13H23NO. The van der Waals surface area contributed by atoms with Crippen molar-refractivity contribution in [1.29, 1.82) is 0 Å². The summed E-state index contributed by atoms with van der Waals surface area (Å²) in [6.07, 6.45) is 7.31. The molecule has 0 bridgehead atoms. The van der Waals surface area contributed by atoms with Crippen LogP contribution in [0.15, 0.2) is 0 Å². The average Bonchev–Trinajstić information content (AvgIpc) is 2.61. The third-order valence-corrected chi connectivity index (χ3v) is 4.39. The van der Waals surface area contributed by atoms with Gasteiger partial charge in [-0.25, -0.2) is 0 Å². The maximum Gasteiger partial charge on any atom is 0.220 e. The lowest BCUT2D eigenvalue weighted by molar-refractivity contribution is -0.119. The van der Waals surface area contributed by atoms with Crippen LogP contribution in [-0.4, -0.2) is 11.9 Å². The molecule has 2 rings (SSSR count). The molecule has 0 aromatic rings. The van der Waals surface area contributed by atoms with Crippen LogP contribution in [0.3, 0.4) is 0 Å². The fourth-order valence-corrected chi connectivity index (χ4v) is 3.34. The summed E-state index contributed by atoms with van der Waals surface area (Å²) in [7, 11) is 0. The van der Waals surface area contributed by atoms with E-state index in [1.54, 1.807) is 0 Å². The monoisotopic (exact) mass is 209 g/mol. The number of carbonyl (C=O) groups is 1. The molecule has 2 atom stereocenters. The molecule has 1 aliphatic heterocycles. The molecule has 2 unspecified atom stereocenters. The van der Waals surface area contributed by atoms with Crippen molar-refractivity contribution >= 4 is 5.91 Å². The highest BCUT2D eigenvalue weighted by atomic mass is 16.2. The van der Waals surface area contributed by atoms with Crippen molar-refractivity contribution in [3.63, 3.8) is 0 Å². The second kappa shape index (κ2) is 4.54. The van der Waals surface area contributed by atoms with Crippen molar-refractivity contribution in [2.75, 3.05) is 0 Å². The first-order valence-electron chi connectivity index (χ1n) is 6.50. The number of hydrogen-bond donors (Lipinski definition) is 1. The molecular weight excluding hydrogens is 186 g/mol. The predicted octanol–water partition coefficient (Wildman–Crippen LogP) is 2.73. The fourth-order valence-electron chi connectivity index (χ4n) is 3.34. The molecule has 1 N–H and O–H groups in total. The molecule has 2 nitrogen and oxygen atoms in total. The minimum atomic E-state index is 0.283. The molecule has 1 aliphatic carbocycles. The molecule has 2 heteroatoms. The maximum atomic E-state index is 11.4. The highest BCUT2D eigenvalue weighted by Gasteiger charge is 2.37. The topological polar surface area (TPSA) is 29.1 Å². The minimum Gasteiger partial charge on any atom is -0.353 e. The Kier molecular flexibility index (Phi) is 3.32. The quantitative estimate of drug-likeness (QED) is 0.744. The van der Waals surface area contributed by atoms with Gasteiger partial charge in [0.25, 0.3) is 0 Å². The lowest BCUT2D eigenvalue weighted by atomic mass is 9.73. The third-order valence-electron chi connectivity index (χ3n) is 4.39. The normalized spacial score (nSPS) is 41.6. The Morgan fingerprint density at radius 1 is 1.27 bits per heavy atom. The maximum absolute atomic E-state index is 11.4. The molecule has 0 spiro atoms. The SMILES string of the molecule is CCC1NC(=O)CC1C1CCC(C)CC1. The van der Waals surface area contributed by atoms with Gasteiger partial charge in [-0.15, -0.1) is 0 Å². The predicted molar refractivity (Wildman–Crippen MR) is 61.5 cm³/mol. The van der Waals surface area contributed by atoms with Crippen molar-refractivity contribution in [3.8, 4) is 0 Å². The van der Waals surface area contributed by atoms with Crippen LogP contribution in [0, 0.1) is 17.8 Å². The van der Waals surface area contributed by atoms with E-state index in [2.05, 4.69) is 19.2 Å². The van der Waals surface area contributed by atoms with Crippen molar-refractivity contribution in [2.45, 2.75) is 58.4 Å². The average molecular weight is 209 g/mol. The first-order chi connectivity index (χ1) is 7.20. The molecule has 1 saturated carbocycles. The summed E-state index contributed by atoms with van der Waals surface area (Å²) in [5, 5.41) is 3.12. The summed E-state index contributed by atoms with van der Waals surface area (Å²) in [5.41, 5.74) is 0. The Balaban J connectivity index is 1.94. The van der Waals surface area contributed by atoms with E-state index >= 15 is 0 Å². The smallest absolute Gasteiger partial charge is 0.220 e. The summed E-state index contributed by atoms with van der Waals surface area (Å²) < 4.78 is 0. The zero-order chi connectivity index (χ0) is 10.8.